The summed E-state index contributed by atoms with van der Waals surface area (Å²) in [5, 5.41) is 8.75. The molecule has 0 saturated heterocycles. The number of aryl methyl sites for hydroxylation is 2. The summed E-state index contributed by atoms with van der Waals surface area (Å²) in [6.07, 6.45) is 10.4. The van der Waals surface area contributed by atoms with Crippen LogP contribution in [0.2, 0.25) is 0 Å². The molecule has 0 atom stereocenters. The summed E-state index contributed by atoms with van der Waals surface area (Å²) in [5.74, 6) is -0.0751. The minimum absolute atomic E-state index is 0.0751. The number of nitrogens with zero attached hydrogens (tertiary/aromatic N) is 4. The normalized spacial score (nSPS) is 14.1. The van der Waals surface area contributed by atoms with Gasteiger partial charge in [-0.1, -0.05) is 18.2 Å². The molecule has 3 heterocycles. The molecule has 8 nitrogen and oxygen atoms in total. The van der Waals surface area contributed by atoms with Crippen LogP contribution in [-0.2, 0) is 30.5 Å². The van der Waals surface area contributed by atoms with E-state index in [1.54, 1.807) is 17.1 Å². The molecule has 3 aromatic heterocycles. The van der Waals surface area contributed by atoms with E-state index in [1.807, 2.05) is 50.6 Å². The van der Waals surface area contributed by atoms with Crippen LogP contribution in [0.15, 0.2) is 78.1 Å². The average Bonchev–Trinajstić information content (AvgIpc) is 3.25. The van der Waals surface area contributed by atoms with Crippen molar-refractivity contribution in [3.05, 3.63) is 102 Å². The van der Waals surface area contributed by atoms with Gasteiger partial charge in [0.2, 0.25) is 0 Å². The second-order valence-corrected chi connectivity index (χ2v) is 9.65. The van der Waals surface area contributed by atoms with E-state index < -0.39 is 5.54 Å². The van der Waals surface area contributed by atoms with Gasteiger partial charge in [0.15, 0.2) is 6.39 Å². The Labute approximate surface area is 214 Å². The Morgan fingerprint density at radius 2 is 2.03 bits per heavy atom. The Morgan fingerprint density at radius 1 is 1.14 bits per heavy atom. The van der Waals surface area contributed by atoms with Crippen molar-refractivity contribution in [2.75, 3.05) is 0 Å². The van der Waals surface area contributed by atoms with Crippen molar-refractivity contribution in [1.29, 1.82) is 0 Å². The number of fused-ring (bicyclic) bond motifs is 1. The van der Waals surface area contributed by atoms with E-state index in [1.165, 1.54) is 6.39 Å². The smallest absolute Gasteiger partial charge is 0.252 e. The molecule has 1 amide bonds. The lowest BCUT2D eigenvalue weighted by molar-refractivity contribution is 0.0929. The Balaban J connectivity index is 1.24. The third kappa shape index (κ3) is 4.63. The van der Waals surface area contributed by atoms with Crippen molar-refractivity contribution in [2.45, 2.75) is 38.5 Å². The molecular formula is C29H27N5O3. The van der Waals surface area contributed by atoms with E-state index in [-0.39, 0.29) is 5.91 Å². The number of amides is 1. The van der Waals surface area contributed by atoms with E-state index in [4.69, 9.17) is 9.15 Å². The van der Waals surface area contributed by atoms with Crippen LogP contribution >= 0.6 is 0 Å². The number of oxazole rings is 1. The highest BCUT2D eigenvalue weighted by Gasteiger charge is 2.47. The molecule has 1 aliphatic rings. The van der Waals surface area contributed by atoms with Gasteiger partial charge in [-0.25, -0.2) is 4.98 Å². The zero-order valence-corrected chi connectivity index (χ0v) is 20.8. The maximum atomic E-state index is 13.5. The first kappa shape index (κ1) is 23.1. The average molecular weight is 494 g/mol. The highest BCUT2D eigenvalue weighted by molar-refractivity contribution is 5.97. The van der Waals surface area contributed by atoms with Gasteiger partial charge in [0.25, 0.3) is 5.91 Å². The molecule has 0 radical (unpaired) electrons. The molecule has 1 aliphatic carbocycles. The topological polar surface area (TPSA) is 95.1 Å². The first-order valence-electron chi connectivity index (χ1n) is 12.3. The molecule has 2 aromatic carbocycles. The van der Waals surface area contributed by atoms with Gasteiger partial charge >= 0.3 is 0 Å². The van der Waals surface area contributed by atoms with Gasteiger partial charge in [-0.2, -0.15) is 5.10 Å². The summed E-state index contributed by atoms with van der Waals surface area (Å²) in [4.78, 5) is 22.2. The number of ether oxygens (including phenoxy) is 1. The van der Waals surface area contributed by atoms with Crippen LogP contribution < -0.4 is 5.32 Å². The highest BCUT2D eigenvalue weighted by atomic mass is 16.5. The van der Waals surface area contributed by atoms with Gasteiger partial charge in [-0.05, 0) is 66.3 Å². The Bertz CT molecular complexity index is 1580. The standard InChI is InChI=1S/C29H27N5O3/c1-19-10-20(15-36-16-23-17-37-18-31-23)5-6-24(19)28(35)33-29(7-8-29)26-11-21(22-13-32-34(2)14-22)12-27-25(26)4-3-9-30-27/h3-6,9-14,17-18H,7-8,15-16H2,1-2H3,(H,33,35). The molecule has 0 bridgehead atoms. The van der Waals surface area contributed by atoms with Crippen molar-refractivity contribution in [3.63, 3.8) is 0 Å². The van der Waals surface area contributed by atoms with E-state index in [9.17, 15) is 4.79 Å². The number of hydrogen-bond acceptors (Lipinski definition) is 6. The lowest BCUT2D eigenvalue weighted by Gasteiger charge is -2.22. The third-order valence-electron chi connectivity index (χ3n) is 6.91. The second-order valence-electron chi connectivity index (χ2n) is 9.65. The summed E-state index contributed by atoms with van der Waals surface area (Å²) in [5.41, 5.74) is 6.98. The maximum absolute atomic E-state index is 13.5. The van der Waals surface area contributed by atoms with Crippen molar-refractivity contribution in [1.82, 2.24) is 25.1 Å². The number of aromatic nitrogens is 4. The number of carbonyl (C=O) groups excluding carboxylic acids is 1. The summed E-state index contributed by atoms with van der Waals surface area (Å²) in [6.45, 7) is 2.76. The molecule has 1 fully saturated rings. The number of nitrogens with one attached hydrogen (secondary N) is 1. The van der Waals surface area contributed by atoms with Crippen LogP contribution in [0.1, 0.15) is 45.6 Å². The molecular weight excluding hydrogens is 466 g/mol. The Kier molecular flexibility index (Phi) is 5.81. The second kappa shape index (κ2) is 9.29. The fourth-order valence-corrected chi connectivity index (χ4v) is 4.84. The van der Waals surface area contributed by atoms with Crippen molar-refractivity contribution >= 4 is 16.8 Å². The zero-order chi connectivity index (χ0) is 25.4. The number of pyridine rings is 1. The van der Waals surface area contributed by atoms with Gasteiger partial charge in [-0.3, -0.25) is 14.5 Å². The summed E-state index contributed by atoms with van der Waals surface area (Å²) >= 11 is 0. The Morgan fingerprint density at radius 3 is 2.76 bits per heavy atom. The first-order valence-corrected chi connectivity index (χ1v) is 12.3. The fraction of sp³-hybridized carbons (Fsp3) is 0.241. The van der Waals surface area contributed by atoms with Crippen molar-refractivity contribution < 1.29 is 13.9 Å². The van der Waals surface area contributed by atoms with Crippen molar-refractivity contribution in [2.24, 2.45) is 7.05 Å². The molecule has 0 spiro atoms. The van der Waals surface area contributed by atoms with Crippen LogP contribution in [0.25, 0.3) is 22.0 Å². The number of benzene rings is 2. The molecule has 1 N–H and O–H groups in total. The predicted molar refractivity (Wildman–Crippen MR) is 138 cm³/mol. The van der Waals surface area contributed by atoms with Crippen LogP contribution in [0, 0.1) is 6.92 Å². The quantitative estimate of drug-likeness (QED) is 0.324. The zero-order valence-electron chi connectivity index (χ0n) is 20.8. The molecule has 5 aromatic rings. The number of rotatable bonds is 8. The van der Waals surface area contributed by atoms with Crippen LogP contribution in [-0.4, -0.2) is 25.7 Å². The fourth-order valence-electron chi connectivity index (χ4n) is 4.84. The molecule has 8 heteroatoms. The van der Waals surface area contributed by atoms with E-state index in [0.717, 1.165) is 57.3 Å². The van der Waals surface area contributed by atoms with Crippen molar-refractivity contribution in [3.8, 4) is 11.1 Å². The van der Waals surface area contributed by atoms with Crippen LogP contribution in [0.5, 0.6) is 0 Å². The Hall–Kier alpha value is -4.30. The minimum Gasteiger partial charge on any atom is -0.451 e. The largest absolute Gasteiger partial charge is 0.451 e. The number of hydrogen-bond donors (Lipinski definition) is 1. The first-order chi connectivity index (χ1) is 18.0. The van der Waals surface area contributed by atoms with E-state index in [0.29, 0.717) is 18.8 Å². The highest BCUT2D eigenvalue weighted by Crippen LogP contribution is 2.49. The van der Waals surface area contributed by atoms with Gasteiger partial charge < -0.3 is 14.5 Å². The lowest BCUT2D eigenvalue weighted by atomic mass is 9.94. The van der Waals surface area contributed by atoms with Crippen LogP contribution in [0.3, 0.4) is 0 Å². The molecule has 37 heavy (non-hydrogen) atoms. The molecule has 1 saturated carbocycles. The summed E-state index contributed by atoms with van der Waals surface area (Å²) < 4.78 is 12.5. The van der Waals surface area contributed by atoms with Gasteiger partial charge in [-0.15, -0.1) is 0 Å². The van der Waals surface area contributed by atoms with Gasteiger partial charge in [0.05, 0.1) is 30.5 Å². The third-order valence-corrected chi connectivity index (χ3v) is 6.91. The molecule has 0 aliphatic heterocycles. The lowest BCUT2D eigenvalue weighted by Crippen LogP contribution is -2.35. The predicted octanol–water partition coefficient (Wildman–Crippen LogP) is 5.07. The van der Waals surface area contributed by atoms with E-state index >= 15 is 0 Å². The number of carbonyl (C=O) groups is 1. The van der Waals surface area contributed by atoms with Gasteiger partial charge in [0, 0.05) is 36.0 Å². The summed E-state index contributed by atoms with van der Waals surface area (Å²) in [6, 6.07) is 14.1. The molecule has 6 rings (SSSR count). The van der Waals surface area contributed by atoms with Gasteiger partial charge in [0.1, 0.15) is 12.0 Å². The molecule has 0 unspecified atom stereocenters. The monoisotopic (exact) mass is 493 g/mol. The maximum Gasteiger partial charge on any atom is 0.252 e. The minimum atomic E-state index is -0.414. The SMILES string of the molecule is Cc1cc(COCc2cocn2)ccc1C(=O)NC1(c2cc(-c3cnn(C)c3)cc3ncccc23)CC1. The summed E-state index contributed by atoms with van der Waals surface area (Å²) in [7, 11) is 1.91. The van der Waals surface area contributed by atoms with Crippen LogP contribution in [0.4, 0.5) is 0 Å². The van der Waals surface area contributed by atoms with E-state index in [2.05, 4.69) is 38.6 Å². The molecule has 186 valence electrons.